The van der Waals surface area contributed by atoms with Gasteiger partial charge in [-0.15, -0.1) is 0 Å². The highest BCUT2D eigenvalue weighted by molar-refractivity contribution is 6.00. The van der Waals surface area contributed by atoms with Gasteiger partial charge >= 0.3 is 0 Å². The van der Waals surface area contributed by atoms with Gasteiger partial charge < -0.3 is 18.9 Å². The average molecular weight is 696 g/mol. The van der Waals surface area contributed by atoms with Gasteiger partial charge in [0.15, 0.2) is 28.8 Å². The summed E-state index contributed by atoms with van der Waals surface area (Å²) in [6.07, 6.45) is 3.70. The van der Waals surface area contributed by atoms with E-state index in [-0.39, 0.29) is 17.7 Å². The normalized spacial score (nSPS) is 13.5. The number of aryl methyl sites for hydroxylation is 1. The van der Waals surface area contributed by atoms with Crippen molar-refractivity contribution in [2.45, 2.75) is 12.8 Å². The van der Waals surface area contributed by atoms with Crippen LogP contribution in [0.2, 0.25) is 0 Å². The molecule has 0 atom stereocenters. The highest BCUT2D eigenvalue weighted by Gasteiger charge is 2.21. The predicted molar refractivity (Wildman–Crippen MR) is 186 cm³/mol. The van der Waals surface area contributed by atoms with Crippen LogP contribution in [-0.4, -0.2) is 76.6 Å². The van der Waals surface area contributed by atoms with Gasteiger partial charge in [-0.25, -0.2) is 8.78 Å². The number of morpholine rings is 1. The van der Waals surface area contributed by atoms with E-state index in [1.165, 1.54) is 57.9 Å². The molecule has 0 spiro atoms. The van der Waals surface area contributed by atoms with Crippen LogP contribution in [0, 0.1) is 11.6 Å². The highest BCUT2D eigenvalue weighted by atomic mass is 19.1. The van der Waals surface area contributed by atoms with E-state index in [0.717, 1.165) is 39.3 Å². The van der Waals surface area contributed by atoms with E-state index < -0.39 is 23.0 Å². The van der Waals surface area contributed by atoms with Crippen LogP contribution in [0.3, 0.4) is 0 Å². The minimum Gasteiger partial charge on any atom is -0.493 e. The number of halogens is 2. The number of nitrogens with zero attached hydrogens (tertiary/aromatic N) is 5. The number of hydrogen-bond donors (Lipinski definition) is 0. The molecule has 0 radical (unpaired) electrons. The third-order valence-corrected chi connectivity index (χ3v) is 8.81. The van der Waals surface area contributed by atoms with Gasteiger partial charge in [0.1, 0.15) is 17.2 Å². The minimum atomic E-state index is -0.691. The summed E-state index contributed by atoms with van der Waals surface area (Å²) in [4.78, 5) is 34.0. The fourth-order valence-corrected chi connectivity index (χ4v) is 6.21. The molecule has 3 aromatic heterocycles. The summed E-state index contributed by atoms with van der Waals surface area (Å²) in [6, 6.07) is 16.2. The Kier molecular flexibility index (Phi) is 9.73. The number of benzene rings is 3. The fourth-order valence-electron chi connectivity index (χ4n) is 6.21. The molecule has 11 nitrogen and oxygen atoms in total. The second kappa shape index (κ2) is 14.7. The lowest BCUT2D eigenvalue weighted by atomic mass is 10.0. The number of aromatic nitrogens is 4. The molecule has 13 heteroatoms. The molecule has 262 valence electrons. The summed E-state index contributed by atoms with van der Waals surface area (Å²) in [6.45, 7) is 4.73. The first-order chi connectivity index (χ1) is 24.8. The summed E-state index contributed by atoms with van der Waals surface area (Å²) in [5.41, 5.74) is 1.06. The molecule has 1 saturated heterocycles. The largest absolute Gasteiger partial charge is 0.493 e. The zero-order valence-electron chi connectivity index (χ0n) is 28.1. The van der Waals surface area contributed by atoms with Crippen LogP contribution >= 0.6 is 0 Å². The zero-order chi connectivity index (χ0) is 35.5. The summed E-state index contributed by atoms with van der Waals surface area (Å²) < 4.78 is 55.1. The van der Waals surface area contributed by atoms with Gasteiger partial charge in [-0.05, 0) is 66.6 Å². The number of carbonyl (C=O) groups excluding carboxylic acids is 1. The van der Waals surface area contributed by atoms with Gasteiger partial charge in [-0.3, -0.25) is 28.7 Å². The van der Waals surface area contributed by atoms with E-state index >= 15 is 4.39 Å². The molecular weight excluding hydrogens is 660 g/mol. The lowest BCUT2D eigenvalue weighted by Gasteiger charge is -2.26. The molecule has 0 saturated carbocycles. The molecule has 3 aromatic carbocycles. The number of methoxy groups -OCH3 is 1. The third kappa shape index (κ3) is 7.16. The molecule has 1 aliphatic rings. The first kappa shape index (κ1) is 33.8. The van der Waals surface area contributed by atoms with Gasteiger partial charge in [0, 0.05) is 56.1 Å². The van der Waals surface area contributed by atoms with Gasteiger partial charge in [0.05, 0.1) is 49.9 Å². The van der Waals surface area contributed by atoms with Crippen LogP contribution in [0.25, 0.3) is 27.6 Å². The smallest absolute Gasteiger partial charge is 0.267 e. The maximum absolute atomic E-state index is 15.5. The number of Topliss-reactive ketones (excluding diaryl/α,β-unsaturated/α-hetero) is 1. The Morgan fingerprint density at radius 1 is 0.941 bits per heavy atom. The number of hydrogen-bond acceptors (Lipinski definition) is 9. The van der Waals surface area contributed by atoms with Gasteiger partial charge in [0.2, 0.25) is 0 Å². The Morgan fingerprint density at radius 2 is 1.75 bits per heavy atom. The van der Waals surface area contributed by atoms with Gasteiger partial charge in [-0.2, -0.15) is 5.10 Å². The molecule has 7 rings (SSSR count). The monoisotopic (exact) mass is 695 g/mol. The molecule has 0 bridgehead atoms. The second-order valence-corrected chi connectivity index (χ2v) is 12.2. The number of pyridine rings is 2. The van der Waals surface area contributed by atoms with Crippen molar-refractivity contribution in [3.63, 3.8) is 0 Å². The van der Waals surface area contributed by atoms with Crippen molar-refractivity contribution < 1.29 is 32.5 Å². The van der Waals surface area contributed by atoms with E-state index in [1.807, 2.05) is 0 Å². The van der Waals surface area contributed by atoms with Crippen molar-refractivity contribution >= 4 is 27.7 Å². The molecule has 1 aliphatic heterocycles. The van der Waals surface area contributed by atoms with Crippen molar-refractivity contribution in [3.05, 3.63) is 112 Å². The predicted octanol–water partition coefficient (Wildman–Crippen LogP) is 5.88. The van der Waals surface area contributed by atoms with Crippen molar-refractivity contribution in [1.29, 1.82) is 0 Å². The number of fused-ring (bicyclic) bond motifs is 2. The zero-order valence-corrected chi connectivity index (χ0v) is 28.1. The van der Waals surface area contributed by atoms with Crippen LogP contribution in [0.4, 0.5) is 8.78 Å². The van der Waals surface area contributed by atoms with Crippen LogP contribution in [0.1, 0.15) is 22.3 Å². The summed E-state index contributed by atoms with van der Waals surface area (Å²) in [5.74, 6) is -0.336. The lowest BCUT2D eigenvalue weighted by Crippen LogP contribution is -2.37. The molecular formula is C38H35F2N5O6. The SMILES string of the molecule is COc1cc2c(Oc3ccc(CC(=O)c4cc5cnn(C)c5n(-c5ccc(F)cc5)c4=O)cc3F)ccnc2cc1OCCCN1CCOCC1. The molecule has 0 unspecified atom stereocenters. The number of ketones is 1. The van der Waals surface area contributed by atoms with Crippen molar-refractivity contribution in [2.24, 2.45) is 7.05 Å². The summed E-state index contributed by atoms with van der Waals surface area (Å²) in [5, 5.41) is 5.37. The molecule has 6 aromatic rings. The molecule has 51 heavy (non-hydrogen) atoms. The van der Waals surface area contributed by atoms with E-state index in [2.05, 4.69) is 15.0 Å². The Hall–Kier alpha value is -5.66. The van der Waals surface area contributed by atoms with E-state index in [9.17, 15) is 14.0 Å². The Labute approximate surface area is 291 Å². The topological polar surface area (TPSA) is 110 Å². The average Bonchev–Trinajstić information content (AvgIpc) is 3.51. The second-order valence-electron chi connectivity index (χ2n) is 12.2. The van der Waals surface area contributed by atoms with Crippen LogP contribution in [0.5, 0.6) is 23.0 Å². The number of ether oxygens (including phenoxy) is 4. The van der Waals surface area contributed by atoms with E-state index in [4.69, 9.17) is 18.9 Å². The van der Waals surface area contributed by atoms with E-state index in [0.29, 0.717) is 57.0 Å². The molecule has 4 heterocycles. The first-order valence-corrected chi connectivity index (χ1v) is 16.5. The van der Waals surface area contributed by atoms with Crippen LogP contribution in [0.15, 0.2) is 83.9 Å². The highest BCUT2D eigenvalue weighted by Crippen LogP contribution is 2.38. The molecule has 0 N–H and O–H groups in total. The summed E-state index contributed by atoms with van der Waals surface area (Å²) >= 11 is 0. The van der Waals surface area contributed by atoms with Gasteiger partial charge in [0.25, 0.3) is 5.56 Å². The minimum absolute atomic E-state index is 0.0587. The number of carbonyl (C=O) groups is 1. The van der Waals surface area contributed by atoms with Crippen molar-refractivity contribution in [2.75, 3.05) is 46.6 Å². The third-order valence-electron chi connectivity index (χ3n) is 8.81. The van der Waals surface area contributed by atoms with Gasteiger partial charge in [-0.1, -0.05) is 6.07 Å². The maximum Gasteiger partial charge on any atom is 0.267 e. The number of rotatable bonds is 12. The Balaban J connectivity index is 1.08. The molecule has 0 aliphatic carbocycles. The molecule has 0 amide bonds. The maximum atomic E-state index is 15.5. The quantitative estimate of drug-likeness (QED) is 0.115. The Morgan fingerprint density at radius 3 is 2.51 bits per heavy atom. The standard InChI is InChI=1S/C38H35F2N5O6/c1-43-37-25(23-42-43)20-29(38(47)45(37)27-7-5-26(39)6-8-27)32(46)19-24-4-9-34(30(40)18-24)51-33-10-11-41-31-22-36(35(48-2)21-28(31)33)50-15-3-12-44-13-16-49-17-14-44/h4-11,18,20-23H,3,12-17,19H2,1-2H3. The Bertz CT molecular complexity index is 2280. The lowest BCUT2D eigenvalue weighted by molar-refractivity contribution is 0.0357. The van der Waals surface area contributed by atoms with Crippen molar-refractivity contribution in [1.82, 2.24) is 24.2 Å². The van der Waals surface area contributed by atoms with Crippen molar-refractivity contribution in [3.8, 4) is 28.7 Å². The first-order valence-electron chi connectivity index (χ1n) is 16.5. The van der Waals surface area contributed by atoms with E-state index in [1.54, 1.807) is 44.6 Å². The molecule has 1 fully saturated rings. The fraction of sp³-hybridized carbons (Fsp3) is 0.263. The van der Waals surface area contributed by atoms with Crippen LogP contribution < -0.4 is 19.8 Å². The van der Waals surface area contributed by atoms with Crippen LogP contribution in [-0.2, 0) is 18.2 Å². The summed E-state index contributed by atoms with van der Waals surface area (Å²) in [7, 11) is 3.22.